The van der Waals surface area contributed by atoms with E-state index < -0.39 is 0 Å². The van der Waals surface area contributed by atoms with Crippen LogP contribution in [0.5, 0.6) is 0 Å². The van der Waals surface area contributed by atoms with E-state index in [0.717, 1.165) is 51.1 Å². The van der Waals surface area contributed by atoms with Gasteiger partial charge >= 0.3 is 0 Å². The number of ether oxygens (including phenoxy) is 1. The molecule has 3 aliphatic rings. The van der Waals surface area contributed by atoms with Gasteiger partial charge in [-0.1, -0.05) is 18.2 Å². The number of rotatable bonds is 3. The molecule has 4 nitrogen and oxygen atoms in total. The van der Waals surface area contributed by atoms with Crippen LogP contribution in [0.15, 0.2) is 24.3 Å². The highest BCUT2D eigenvalue weighted by Crippen LogP contribution is 2.48. The summed E-state index contributed by atoms with van der Waals surface area (Å²) in [5.41, 5.74) is 2.06. The molecule has 3 aliphatic heterocycles. The Labute approximate surface area is 144 Å². The molecule has 3 heterocycles. The second-order valence-corrected chi connectivity index (χ2v) is 7.78. The fourth-order valence-electron chi connectivity index (χ4n) is 4.68. The summed E-state index contributed by atoms with van der Waals surface area (Å²) in [6, 6.07) is 8.98. The molecule has 0 aromatic heterocycles. The molecular formula is C20H28N2O2. The van der Waals surface area contributed by atoms with Crippen LogP contribution in [0.3, 0.4) is 0 Å². The largest absolute Gasteiger partial charge is 0.376 e. The second-order valence-electron chi connectivity index (χ2n) is 7.78. The first-order valence-corrected chi connectivity index (χ1v) is 9.39. The lowest BCUT2D eigenvalue weighted by atomic mass is 9.73. The van der Waals surface area contributed by atoms with Crippen LogP contribution in [0.1, 0.15) is 45.1 Å². The zero-order valence-electron chi connectivity index (χ0n) is 14.8. The maximum absolute atomic E-state index is 13.5. The first-order valence-electron chi connectivity index (χ1n) is 9.39. The average Bonchev–Trinajstić information content (AvgIpc) is 3.18. The van der Waals surface area contributed by atoms with E-state index in [9.17, 15) is 4.79 Å². The maximum atomic E-state index is 13.5. The van der Waals surface area contributed by atoms with Crippen molar-refractivity contribution in [3.63, 3.8) is 0 Å². The number of fused-ring (bicyclic) bond motifs is 2. The van der Waals surface area contributed by atoms with Crippen molar-refractivity contribution < 1.29 is 9.53 Å². The first kappa shape index (κ1) is 16.1. The minimum absolute atomic E-state index is 0.202. The monoisotopic (exact) mass is 328 g/mol. The highest BCUT2D eigenvalue weighted by Gasteiger charge is 2.52. The van der Waals surface area contributed by atoms with Gasteiger partial charge in [0.25, 0.3) is 0 Å². The molecule has 0 radical (unpaired) electrons. The molecule has 1 amide bonds. The third-order valence-corrected chi connectivity index (χ3v) is 6.16. The number of carbonyl (C=O) groups excluding carboxylic acids is 1. The van der Waals surface area contributed by atoms with E-state index in [1.807, 2.05) is 4.90 Å². The van der Waals surface area contributed by atoms with E-state index in [4.69, 9.17) is 4.74 Å². The number of para-hydroxylation sites is 1. The van der Waals surface area contributed by atoms with E-state index in [1.165, 1.54) is 5.56 Å². The fraction of sp³-hybridized carbons (Fsp3) is 0.650. The van der Waals surface area contributed by atoms with Crippen molar-refractivity contribution in [1.29, 1.82) is 0 Å². The molecule has 1 aromatic carbocycles. The van der Waals surface area contributed by atoms with Gasteiger partial charge in [0, 0.05) is 18.3 Å². The van der Waals surface area contributed by atoms with Gasteiger partial charge < -0.3 is 14.5 Å². The molecule has 0 aliphatic carbocycles. The van der Waals surface area contributed by atoms with Gasteiger partial charge in [-0.25, -0.2) is 0 Å². The summed E-state index contributed by atoms with van der Waals surface area (Å²) in [6.45, 7) is 8.05. The molecule has 2 fully saturated rings. The molecule has 0 saturated carbocycles. The normalized spacial score (nSPS) is 26.5. The second kappa shape index (κ2) is 6.16. The summed E-state index contributed by atoms with van der Waals surface area (Å²) < 4.78 is 5.80. The third-order valence-electron chi connectivity index (χ3n) is 6.16. The van der Waals surface area contributed by atoms with Crippen LogP contribution in [0.25, 0.3) is 0 Å². The van der Waals surface area contributed by atoms with Crippen molar-refractivity contribution in [2.75, 3.05) is 31.1 Å². The van der Waals surface area contributed by atoms with E-state index in [0.29, 0.717) is 18.5 Å². The number of benzene rings is 1. The maximum Gasteiger partial charge on any atom is 0.237 e. The Hall–Kier alpha value is -1.39. The Morgan fingerprint density at radius 1 is 1.25 bits per heavy atom. The van der Waals surface area contributed by atoms with Crippen molar-refractivity contribution in [1.82, 2.24) is 4.90 Å². The van der Waals surface area contributed by atoms with Gasteiger partial charge in [-0.3, -0.25) is 4.79 Å². The summed E-state index contributed by atoms with van der Waals surface area (Å²) in [4.78, 5) is 18.0. The van der Waals surface area contributed by atoms with Crippen LogP contribution < -0.4 is 4.90 Å². The molecule has 2 saturated heterocycles. The number of piperidine rings is 1. The quantitative estimate of drug-likeness (QED) is 0.855. The lowest BCUT2D eigenvalue weighted by Gasteiger charge is -2.40. The van der Waals surface area contributed by atoms with E-state index >= 15 is 0 Å². The van der Waals surface area contributed by atoms with Gasteiger partial charge in [-0.15, -0.1) is 0 Å². The van der Waals surface area contributed by atoms with Gasteiger partial charge in [0.2, 0.25) is 5.91 Å². The molecule has 0 N–H and O–H groups in total. The van der Waals surface area contributed by atoms with Crippen LogP contribution in [-0.4, -0.2) is 49.2 Å². The topological polar surface area (TPSA) is 32.8 Å². The Kier molecular flexibility index (Phi) is 4.13. The molecule has 0 bridgehead atoms. The van der Waals surface area contributed by atoms with Crippen LogP contribution in [-0.2, 0) is 14.9 Å². The SMILES string of the molecule is CC(C)N1CCC2(CC1)C(=O)N(C[C@H]1CCCO1)c1ccccc12. The van der Waals surface area contributed by atoms with Gasteiger partial charge in [0.05, 0.1) is 18.1 Å². The Morgan fingerprint density at radius 3 is 2.67 bits per heavy atom. The number of anilines is 1. The van der Waals surface area contributed by atoms with E-state index in [1.54, 1.807) is 0 Å². The van der Waals surface area contributed by atoms with Gasteiger partial charge in [-0.2, -0.15) is 0 Å². The van der Waals surface area contributed by atoms with Crippen molar-refractivity contribution in [2.24, 2.45) is 0 Å². The van der Waals surface area contributed by atoms with E-state index in [-0.39, 0.29) is 11.5 Å². The predicted molar refractivity (Wildman–Crippen MR) is 95.4 cm³/mol. The Balaban J connectivity index is 1.63. The minimum Gasteiger partial charge on any atom is -0.376 e. The van der Waals surface area contributed by atoms with Crippen LogP contribution in [0.4, 0.5) is 5.69 Å². The number of carbonyl (C=O) groups is 1. The number of amides is 1. The highest BCUT2D eigenvalue weighted by molar-refractivity contribution is 6.08. The summed E-state index contributed by atoms with van der Waals surface area (Å²) in [5, 5.41) is 0. The molecule has 4 heteroatoms. The summed E-state index contributed by atoms with van der Waals surface area (Å²) in [5.74, 6) is 0.308. The average molecular weight is 328 g/mol. The number of nitrogens with zero attached hydrogens (tertiary/aromatic N) is 2. The summed E-state index contributed by atoms with van der Waals surface area (Å²) in [6.07, 6.45) is 4.25. The fourth-order valence-corrected chi connectivity index (χ4v) is 4.68. The molecule has 4 rings (SSSR count). The lowest BCUT2D eigenvalue weighted by molar-refractivity contribution is -0.125. The third kappa shape index (κ3) is 2.47. The Morgan fingerprint density at radius 2 is 2.00 bits per heavy atom. The summed E-state index contributed by atoms with van der Waals surface area (Å²) >= 11 is 0. The van der Waals surface area contributed by atoms with Crippen molar-refractivity contribution in [2.45, 2.75) is 57.1 Å². The van der Waals surface area contributed by atoms with Crippen LogP contribution in [0, 0.1) is 0 Å². The molecule has 24 heavy (non-hydrogen) atoms. The predicted octanol–water partition coefficient (Wildman–Crippen LogP) is 2.95. The number of likely N-dealkylation sites (tertiary alicyclic amines) is 1. The molecule has 1 atom stereocenters. The zero-order valence-corrected chi connectivity index (χ0v) is 14.8. The lowest BCUT2D eigenvalue weighted by Crippen LogP contribution is -2.51. The number of hydrogen-bond acceptors (Lipinski definition) is 3. The molecule has 130 valence electrons. The van der Waals surface area contributed by atoms with Crippen molar-refractivity contribution in [3.05, 3.63) is 29.8 Å². The number of hydrogen-bond donors (Lipinski definition) is 0. The van der Waals surface area contributed by atoms with Crippen LogP contribution in [0.2, 0.25) is 0 Å². The van der Waals surface area contributed by atoms with Gasteiger partial charge in [0.1, 0.15) is 0 Å². The van der Waals surface area contributed by atoms with Crippen molar-refractivity contribution in [3.8, 4) is 0 Å². The zero-order chi connectivity index (χ0) is 16.7. The molecule has 0 unspecified atom stereocenters. The molecular weight excluding hydrogens is 300 g/mol. The van der Waals surface area contributed by atoms with Gasteiger partial charge in [0.15, 0.2) is 0 Å². The first-order chi connectivity index (χ1) is 11.6. The molecule has 1 spiro atoms. The highest BCUT2D eigenvalue weighted by atomic mass is 16.5. The minimum atomic E-state index is -0.305. The Bertz CT molecular complexity index is 614. The van der Waals surface area contributed by atoms with Crippen molar-refractivity contribution >= 4 is 11.6 Å². The summed E-state index contributed by atoms with van der Waals surface area (Å²) in [7, 11) is 0. The molecule has 1 aromatic rings. The van der Waals surface area contributed by atoms with E-state index in [2.05, 4.69) is 43.0 Å². The standard InChI is InChI=1S/C20H28N2O2/c1-15(2)21-11-9-20(10-12-21)17-7-3-4-8-18(17)22(19(20)23)14-16-6-5-13-24-16/h3-4,7-8,15-16H,5-6,9-14H2,1-2H3/t16-/m1/s1. The van der Waals surface area contributed by atoms with Crippen LogP contribution >= 0.6 is 0 Å². The smallest absolute Gasteiger partial charge is 0.237 e. The van der Waals surface area contributed by atoms with Gasteiger partial charge in [-0.05, 0) is 64.3 Å².